The van der Waals surface area contributed by atoms with Crippen LogP contribution in [0.1, 0.15) is 18.7 Å². The van der Waals surface area contributed by atoms with Gasteiger partial charge in [0.2, 0.25) is 0 Å². The maximum absolute atomic E-state index is 12.7. The van der Waals surface area contributed by atoms with Crippen LogP contribution in [-0.4, -0.2) is 26.7 Å². The van der Waals surface area contributed by atoms with Crippen LogP contribution >= 0.6 is 0 Å². The van der Waals surface area contributed by atoms with Crippen molar-refractivity contribution < 1.29 is 8.60 Å². The highest BCUT2D eigenvalue weighted by Crippen LogP contribution is 2.17. The Kier molecular flexibility index (Phi) is 3.11. The van der Waals surface area contributed by atoms with Crippen molar-refractivity contribution in [2.45, 2.75) is 19.0 Å². The molecule has 1 N–H and O–H groups in total. The summed E-state index contributed by atoms with van der Waals surface area (Å²) in [4.78, 5) is 4.00. The van der Waals surface area contributed by atoms with Gasteiger partial charge in [-0.25, -0.2) is 4.39 Å². The van der Waals surface area contributed by atoms with Gasteiger partial charge in [-0.2, -0.15) is 0 Å². The molecule has 1 fully saturated rings. The molecule has 1 aliphatic rings. The molecule has 3 nitrogen and oxygen atoms in total. The molecule has 1 saturated heterocycles. The maximum Gasteiger partial charge on any atom is 0.141 e. The number of halogens is 1. The van der Waals surface area contributed by atoms with Crippen LogP contribution in [0.5, 0.6) is 0 Å². The molecule has 0 spiro atoms. The minimum atomic E-state index is -0.802. The molecule has 5 heteroatoms. The molecule has 3 unspecified atom stereocenters. The van der Waals surface area contributed by atoms with Crippen LogP contribution in [-0.2, 0) is 10.8 Å². The quantitative estimate of drug-likeness (QED) is 0.779. The lowest BCUT2D eigenvalue weighted by molar-refractivity contribution is 0.480. The lowest BCUT2D eigenvalue weighted by Crippen LogP contribution is -2.43. The molecular weight excluding hydrogens is 215 g/mol. The van der Waals surface area contributed by atoms with Gasteiger partial charge in [-0.1, -0.05) is 0 Å². The van der Waals surface area contributed by atoms with Gasteiger partial charge in [-0.3, -0.25) is 9.19 Å². The van der Waals surface area contributed by atoms with Gasteiger partial charge >= 0.3 is 0 Å². The fourth-order valence-corrected chi connectivity index (χ4v) is 3.17. The largest absolute Gasteiger partial charge is 0.304 e. The second-order valence-electron chi connectivity index (χ2n) is 3.79. The first kappa shape index (κ1) is 10.7. The molecular formula is C10H13FN2OS. The topological polar surface area (TPSA) is 42.0 Å². The van der Waals surface area contributed by atoms with Crippen LogP contribution in [0, 0.1) is 5.82 Å². The highest BCUT2D eigenvalue weighted by molar-refractivity contribution is 7.85. The molecule has 3 atom stereocenters. The van der Waals surface area contributed by atoms with Gasteiger partial charge in [-0.15, -0.1) is 0 Å². The van der Waals surface area contributed by atoms with Crippen molar-refractivity contribution in [3.8, 4) is 0 Å². The summed E-state index contributed by atoms with van der Waals surface area (Å²) in [7, 11) is -0.802. The molecule has 82 valence electrons. The predicted octanol–water partition coefficient (Wildman–Crippen LogP) is 1.00. The summed E-state index contributed by atoms with van der Waals surface area (Å²) >= 11 is 0. The Morgan fingerprint density at radius 3 is 2.93 bits per heavy atom. The predicted molar refractivity (Wildman–Crippen MR) is 57.4 cm³/mol. The van der Waals surface area contributed by atoms with Crippen LogP contribution in [0.4, 0.5) is 4.39 Å². The molecule has 2 heterocycles. The van der Waals surface area contributed by atoms with E-state index in [9.17, 15) is 8.60 Å². The van der Waals surface area contributed by atoms with Crippen LogP contribution in [0.15, 0.2) is 18.3 Å². The third kappa shape index (κ3) is 2.60. The maximum atomic E-state index is 12.7. The second kappa shape index (κ2) is 4.37. The van der Waals surface area contributed by atoms with Crippen molar-refractivity contribution in [2.75, 3.05) is 11.5 Å². The highest BCUT2D eigenvalue weighted by Gasteiger charge is 2.24. The number of pyridine rings is 1. The normalized spacial score (nSPS) is 31.5. The van der Waals surface area contributed by atoms with E-state index in [-0.39, 0.29) is 17.9 Å². The fraction of sp³-hybridized carbons (Fsp3) is 0.500. The van der Waals surface area contributed by atoms with Gasteiger partial charge in [0.15, 0.2) is 0 Å². The first-order chi connectivity index (χ1) is 7.15. The average molecular weight is 228 g/mol. The highest BCUT2D eigenvalue weighted by atomic mass is 32.2. The molecule has 0 amide bonds. The third-order valence-electron chi connectivity index (χ3n) is 2.38. The number of nitrogens with zero attached hydrogens (tertiary/aromatic N) is 1. The van der Waals surface area contributed by atoms with Crippen molar-refractivity contribution in [1.29, 1.82) is 0 Å². The van der Waals surface area contributed by atoms with Gasteiger partial charge in [0, 0.05) is 28.3 Å². The summed E-state index contributed by atoms with van der Waals surface area (Å²) in [5, 5.41) is 3.30. The summed E-state index contributed by atoms with van der Waals surface area (Å²) in [6.45, 7) is 1.99. The zero-order chi connectivity index (χ0) is 10.8. The van der Waals surface area contributed by atoms with Crippen LogP contribution in [0.25, 0.3) is 0 Å². The van der Waals surface area contributed by atoms with Crippen LogP contribution in [0.3, 0.4) is 0 Å². The van der Waals surface area contributed by atoms with Gasteiger partial charge < -0.3 is 5.32 Å². The lowest BCUT2D eigenvalue weighted by Gasteiger charge is -2.27. The summed E-state index contributed by atoms with van der Waals surface area (Å²) in [6, 6.07) is 3.22. The average Bonchev–Trinajstić information content (AvgIpc) is 2.17. The molecule has 1 aliphatic heterocycles. The number of nitrogens with one attached hydrogen (secondary N) is 1. The standard InChI is InChI=1S/C10H13FN2OS/c1-7-5-15(14)6-10(13-7)9-3-2-8(11)4-12-9/h2-4,7,10,13H,5-6H2,1H3. The Balaban J connectivity index is 2.16. The third-order valence-corrected chi connectivity index (χ3v) is 3.96. The Morgan fingerprint density at radius 1 is 1.53 bits per heavy atom. The first-order valence-corrected chi connectivity index (χ1v) is 6.36. The molecule has 0 radical (unpaired) electrons. The number of aromatic nitrogens is 1. The Labute approximate surface area is 90.6 Å². The molecule has 0 bridgehead atoms. The van der Waals surface area contributed by atoms with E-state index in [1.807, 2.05) is 6.92 Å². The molecule has 0 aromatic carbocycles. The minimum absolute atomic E-state index is 0.0183. The molecule has 15 heavy (non-hydrogen) atoms. The van der Waals surface area contributed by atoms with Crippen molar-refractivity contribution >= 4 is 10.8 Å². The van der Waals surface area contributed by atoms with E-state index in [4.69, 9.17) is 0 Å². The fourth-order valence-electron chi connectivity index (χ4n) is 1.74. The van der Waals surface area contributed by atoms with Crippen LogP contribution in [0.2, 0.25) is 0 Å². The van der Waals surface area contributed by atoms with Crippen molar-refractivity contribution in [3.63, 3.8) is 0 Å². The Bertz CT molecular complexity index is 368. The summed E-state index contributed by atoms with van der Waals surface area (Å²) in [5.41, 5.74) is 0.760. The molecule has 2 rings (SSSR count). The Morgan fingerprint density at radius 2 is 2.33 bits per heavy atom. The second-order valence-corrected chi connectivity index (χ2v) is 5.34. The van der Waals surface area contributed by atoms with Gasteiger partial charge in [-0.05, 0) is 19.1 Å². The van der Waals surface area contributed by atoms with E-state index < -0.39 is 10.8 Å². The van der Waals surface area contributed by atoms with Crippen molar-refractivity contribution in [3.05, 3.63) is 29.8 Å². The SMILES string of the molecule is CC1CS(=O)CC(c2ccc(F)cn2)N1. The zero-order valence-electron chi connectivity index (χ0n) is 8.44. The van der Waals surface area contributed by atoms with E-state index in [0.717, 1.165) is 5.69 Å². The summed E-state index contributed by atoms with van der Waals surface area (Å²) in [6.07, 6.45) is 1.19. The van der Waals surface area contributed by atoms with E-state index >= 15 is 0 Å². The monoisotopic (exact) mass is 228 g/mol. The summed E-state index contributed by atoms with van der Waals surface area (Å²) < 4.78 is 24.2. The number of rotatable bonds is 1. The smallest absolute Gasteiger partial charge is 0.141 e. The summed E-state index contributed by atoms with van der Waals surface area (Å²) in [5.74, 6) is 0.893. The van der Waals surface area contributed by atoms with Gasteiger partial charge in [0.05, 0.1) is 17.9 Å². The van der Waals surface area contributed by atoms with Crippen LogP contribution < -0.4 is 5.32 Å². The Hall–Kier alpha value is -0.810. The van der Waals surface area contributed by atoms with E-state index in [1.54, 1.807) is 6.07 Å². The molecule has 0 saturated carbocycles. The first-order valence-electron chi connectivity index (χ1n) is 4.87. The van der Waals surface area contributed by atoms with E-state index in [2.05, 4.69) is 10.3 Å². The van der Waals surface area contributed by atoms with Crippen molar-refractivity contribution in [1.82, 2.24) is 10.3 Å². The van der Waals surface area contributed by atoms with E-state index in [1.165, 1.54) is 12.3 Å². The van der Waals surface area contributed by atoms with Gasteiger partial charge in [0.1, 0.15) is 5.82 Å². The van der Waals surface area contributed by atoms with E-state index in [0.29, 0.717) is 11.5 Å². The molecule has 1 aromatic heterocycles. The molecule has 0 aliphatic carbocycles. The van der Waals surface area contributed by atoms with Crippen molar-refractivity contribution in [2.24, 2.45) is 0 Å². The zero-order valence-corrected chi connectivity index (χ0v) is 9.26. The molecule has 1 aromatic rings. The minimum Gasteiger partial charge on any atom is -0.304 e. The van der Waals surface area contributed by atoms with Gasteiger partial charge in [0.25, 0.3) is 0 Å². The number of hydrogen-bond acceptors (Lipinski definition) is 3. The number of hydrogen-bond donors (Lipinski definition) is 1. The lowest BCUT2D eigenvalue weighted by atomic mass is 10.2.